The lowest BCUT2D eigenvalue weighted by Gasteiger charge is -2.27. The minimum atomic E-state index is -4.64. The zero-order chi connectivity index (χ0) is 14.8. The predicted molar refractivity (Wildman–Crippen MR) is 77.4 cm³/mol. The summed E-state index contributed by atoms with van der Waals surface area (Å²) in [5.74, 6) is 0.472. The third kappa shape index (κ3) is 5.73. The van der Waals surface area contributed by atoms with Crippen LogP contribution in [0.1, 0.15) is 18.4 Å². The van der Waals surface area contributed by atoms with Crippen molar-refractivity contribution in [1.82, 2.24) is 4.90 Å². The van der Waals surface area contributed by atoms with Gasteiger partial charge in [-0.15, -0.1) is 25.6 Å². The molecule has 2 rings (SSSR count). The lowest BCUT2D eigenvalue weighted by Crippen LogP contribution is -2.39. The average Bonchev–Trinajstić information content (AvgIpc) is 3.15. The Labute approximate surface area is 128 Å². The summed E-state index contributed by atoms with van der Waals surface area (Å²) in [5, 5.41) is 0. The molecule has 0 amide bonds. The van der Waals surface area contributed by atoms with Crippen LogP contribution in [-0.4, -0.2) is 30.9 Å². The SMILES string of the molecule is CN(Cc1ccc(OC(F)(F)F)cc1)C(CN)C1CC1.Cl. The zero-order valence-corrected chi connectivity index (χ0v) is 12.6. The fourth-order valence-corrected chi connectivity index (χ4v) is 2.42. The highest BCUT2D eigenvalue weighted by atomic mass is 35.5. The summed E-state index contributed by atoms with van der Waals surface area (Å²) < 4.78 is 40.0. The van der Waals surface area contributed by atoms with Crippen molar-refractivity contribution in [3.63, 3.8) is 0 Å². The number of nitrogens with two attached hydrogens (primary N) is 1. The number of nitrogens with zero attached hydrogens (tertiary/aromatic N) is 1. The second-order valence-electron chi connectivity index (χ2n) is 5.25. The van der Waals surface area contributed by atoms with Crippen molar-refractivity contribution in [2.24, 2.45) is 11.7 Å². The summed E-state index contributed by atoms with van der Waals surface area (Å²) in [6, 6.07) is 6.33. The van der Waals surface area contributed by atoms with Gasteiger partial charge in [-0.05, 0) is 43.5 Å². The molecule has 1 fully saturated rings. The van der Waals surface area contributed by atoms with Crippen LogP contribution < -0.4 is 10.5 Å². The number of halogens is 4. The Balaban J connectivity index is 0.00000220. The van der Waals surface area contributed by atoms with Gasteiger partial charge in [-0.1, -0.05) is 12.1 Å². The molecule has 0 aromatic heterocycles. The Morgan fingerprint density at radius 2 is 1.86 bits per heavy atom. The molecule has 0 spiro atoms. The van der Waals surface area contributed by atoms with E-state index in [1.165, 1.54) is 25.0 Å². The standard InChI is InChI=1S/C14H19F3N2O.ClH/c1-19(13(8-18)11-4-5-11)9-10-2-6-12(7-3-10)20-14(15,16)17;/h2-3,6-7,11,13H,4-5,8-9,18H2,1H3;1H. The van der Waals surface area contributed by atoms with Crippen LogP contribution in [-0.2, 0) is 6.54 Å². The molecular weight excluding hydrogens is 305 g/mol. The van der Waals surface area contributed by atoms with Gasteiger partial charge in [0.1, 0.15) is 5.75 Å². The quantitative estimate of drug-likeness (QED) is 0.873. The lowest BCUT2D eigenvalue weighted by atomic mass is 10.1. The van der Waals surface area contributed by atoms with E-state index in [9.17, 15) is 13.2 Å². The van der Waals surface area contributed by atoms with Crippen molar-refractivity contribution in [1.29, 1.82) is 0 Å². The second kappa shape index (κ2) is 7.33. The molecule has 1 aliphatic rings. The van der Waals surface area contributed by atoms with Gasteiger partial charge in [0.2, 0.25) is 0 Å². The molecule has 0 aliphatic heterocycles. The molecule has 0 heterocycles. The maximum absolute atomic E-state index is 12.1. The van der Waals surface area contributed by atoms with Crippen LogP contribution >= 0.6 is 12.4 Å². The second-order valence-corrected chi connectivity index (χ2v) is 5.25. The Morgan fingerprint density at radius 3 is 2.29 bits per heavy atom. The van der Waals surface area contributed by atoms with Crippen molar-refractivity contribution >= 4 is 12.4 Å². The fraction of sp³-hybridized carbons (Fsp3) is 0.571. The molecule has 1 aromatic rings. The van der Waals surface area contributed by atoms with Gasteiger partial charge in [-0.2, -0.15) is 0 Å². The van der Waals surface area contributed by atoms with E-state index in [1.807, 2.05) is 7.05 Å². The number of rotatable bonds is 6. The Hall–Kier alpha value is -0.980. The van der Waals surface area contributed by atoms with Gasteiger partial charge in [0.25, 0.3) is 0 Å². The molecular formula is C14H20ClF3N2O. The molecule has 3 nitrogen and oxygen atoms in total. The topological polar surface area (TPSA) is 38.5 Å². The summed E-state index contributed by atoms with van der Waals surface area (Å²) in [4.78, 5) is 2.16. The Kier molecular flexibility index (Phi) is 6.31. The highest BCUT2D eigenvalue weighted by molar-refractivity contribution is 5.85. The maximum atomic E-state index is 12.1. The molecule has 120 valence electrons. The van der Waals surface area contributed by atoms with Gasteiger partial charge >= 0.3 is 6.36 Å². The summed E-state index contributed by atoms with van der Waals surface area (Å²) in [7, 11) is 2.00. The van der Waals surface area contributed by atoms with Crippen molar-refractivity contribution in [2.45, 2.75) is 31.8 Å². The van der Waals surface area contributed by atoms with Crippen LogP contribution in [0.5, 0.6) is 5.75 Å². The summed E-state index contributed by atoms with van der Waals surface area (Å²) in [6.45, 7) is 1.28. The zero-order valence-electron chi connectivity index (χ0n) is 11.8. The van der Waals surface area contributed by atoms with Crippen molar-refractivity contribution in [2.75, 3.05) is 13.6 Å². The smallest absolute Gasteiger partial charge is 0.406 e. The third-order valence-corrected chi connectivity index (χ3v) is 3.56. The van der Waals surface area contributed by atoms with Crippen LogP contribution in [0, 0.1) is 5.92 Å². The molecule has 21 heavy (non-hydrogen) atoms. The van der Waals surface area contributed by atoms with E-state index < -0.39 is 6.36 Å². The minimum Gasteiger partial charge on any atom is -0.406 e. The summed E-state index contributed by atoms with van der Waals surface area (Å²) in [5.41, 5.74) is 6.72. The van der Waals surface area contributed by atoms with Gasteiger partial charge in [-0.25, -0.2) is 0 Å². The molecule has 1 atom stereocenters. The van der Waals surface area contributed by atoms with Crippen molar-refractivity contribution in [3.8, 4) is 5.75 Å². The molecule has 0 saturated heterocycles. The molecule has 1 aromatic carbocycles. The number of ether oxygens (including phenoxy) is 1. The van der Waals surface area contributed by atoms with E-state index in [2.05, 4.69) is 9.64 Å². The van der Waals surface area contributed by atoms with E-state index in [4.69, 9.17) is 5.73 Å². The maximum Gasteiger partial charge on any atom is 0.573 e. The Morgan fingerprint density at radius 1 is 1.29 bits per heavy atom. The number of alkyl halides is 3. The number of hydrogen-bond donors (Lipinski definition) is 1. The lowest BCUT2D eigenvalue weighted by molar-refractivity contribution is -0.274. The summed E-state index contributed by atoms with van der Waals surface area (Å²) >= 11 is 0. The third-order valence-electron chi connectivity index (χ3n) is 3.56. The van der Waals surface area contributed by atoms with Crippen molar-refractivity contribution < 1.29 is 17.9 Å². The van der Waals surface area contributed by atoms with Gasteiger partial charge in [-0.3, -0.25) is 4.90 Å². The minimum absolute atomic E-state index is 0. The molecule has 2 N–H and O–H groups in total. The van der Waals surface area contributed by atoms with E-state index in [1.54, 1.807) is 12.1 Å². The van der Waals surface area contributed by atoms with E-state index in [-0.39, 0.29) is 18.2 Å². The normalized spacial score (nSPS) is 16.5. The number of likely N-dealkylation sites (N-methyl/N-ethyl adjacent to an activating group) is 1. The molecule has 0 radical (unpaired) electrons. The first-order chi connectivity index (χ1) is 9.39. The molecule has 0 bridgehead atoms. The Bertz CT molecular complexity index is 435. The monoisotopic (exact) mass is 324 g/mol. The van der Waals surface area contributed by atoms with Gasteiger partial charge in [0.05, 0.1) is 0 Å². The molecule has 1 aliphatic carbocycles. The molecule has 1 unspecified atom stereocenters. The van der Waals surface area contributed by atoms with Crippen LogP contribution in [0.4, 0.5) is 13.2 Å². The first-order valence-electron chi connectivity index (χ1n) is 6.64. The highest BCUT2D eigenvalue weighted by Gasteiger charge is 2.33. The van der Waals surface area contributed by atoms with Gasteiger partial charge < -0.3 is 10.5 Å². The first kappa shape index (κ1) is 18.1. The van der Waals surface area contributed by atoms with Crippen molar-refractivity contribution in [3.05, 3.63) is 29.8 Å². The van der Waals surface area contributed by atoms with E-state index in [0.29, 0.717) is 25.0 Å². The average molecular weight is 325 g/mol. The van der Waals surface area contributed by atoms with Crippen LogP contribution in [0.15, 0.2) is 24.3 Å². The van der Waals surface area contributed by atoms with E-state index in [0.717, 1.165) is 5.56 Å². The largest absolute Gasteiger partial charge is 0.573 e. The predicted octanol–water partition coefficient (Wildman–Crippen LogP) is 3.18. The van der Waals surface area contributed by atoms with Gasteiger partial charge in [0.15, 0.2) is 0 Å². The van der Waals surface area contributed by atoms with E-state index >= 15 is 0 Å². The summed E-state index contributed by atoms with van der Waals surface area (Å²) in [6.07, 6.45) is -2.22. The van der Waals surface area contributed by atoms with Crippen LogP contribution in [0.2, 0.25) is 0 Å². The molecule has 7 heteroatoms. The van der Waals surface area contributed by atoms with Crippen LogP contribution in [0.25, 0.3) is 0 Å². The van der Waals surface area contributed by atoms with Crippen LogP contribution in [0.3, 0.4) is 0 Å². The van der Waals surface area contributed by atoms with Gasteiger partial charge in [0, 0.05) is 19.1 Å². The first-order valence-corrected chi connectivity index (χ1v) is 6.64. The number of benzene rings is 1. The highest BCUT2D eigenvalue weighted by Crippen LogP contribution is 2.35. The fourth-order valence-electron chi connectivity index (χ4n) is 2.42. The number of hydrogen-bond acceptors (Lipinski definition) is 3. The molecule has 1 saturated carbocycles.